The Bertz CT molecular complexity index is 1490. The van der Waals surface area contributed by atoms with Gasteiger partial charge in [0.1, 0.15) is 0 Å². The van der Waals surface area contributed by atoms with Crippen molar-refractivity contribution in [2.75, 3.05) is 32.4 Å². The Morgan fingerprint density at radius 1 is 0.927 bits per heavy atom. The molecule has 2 fully saturated rings. The molecule has 0 bridgehead atoms. The van der Waals surface area contributed by atoms with Gasteiger partial charge in [0, 0.05) is 25.9 Å². The smallest absolute Gasteiger partial charge is 0.253 e. The van der Waals surface area contributed by atoms with Crippen LogP contribution in [-0.4, -0.2) is 62.5 Å². The summed E-state index contributed by atoms with van der Waals surface area (Å²) in [4.78, 5) is 31.2. The first-order valence-corrected chi connectivity index (χ1v) is 16.3. The lowest BCUT2D eigenvalue weighted by molar-refractivity contribution is -0.138. The van der Waals surface area contributed by atoms with Crippen molar-refractivity contribution in [2.45, 2.75) is 43.2 Å². The summed E-state index contributed by atoms with van der Waals surface area (Å²) in [6, 6.07) is 23.7. The van der Waals surface area contributed by atoms with Gasteiger partial charge in [0.05, 0.1) is 26.9 Å². The lowest BCUT2D eigenvalue weighted by Crippen LogP contribution is -2.45. The predicted molar refractivity (Wildman–Crippen MR) is 160 cm³/mol. The van der Waals surface area contributed by atoms with E-state index in [0.29, 0.717) is 17.1 Å². The van der Waals surface area contributed by atoms with E-state index in [-0.39, 0.29) is 28.2 Å². The number of rotatable bonds is 9. The van der Waals surface area contributed by atoms with Gasteiger partial charge in [-0.3, -0.25) is 9.59 Å². The fourth-order valence-corrected chi connectivity index (χ4v) is 6.83. The molecule has 1 spiro atoms. The van der Waals surface area contributed by atoms with E-state index in [1.807, 2.05) is 47.4 Å². The van der Waals surface area contributed by atoms with Crippen molar-refractivity contribution >= 4 is 33.3 Å². The van der Waals surface area contributed by atoms with Gasteiger partial charge < -0.3 is 15.1 Å². The van der Waals surface area contributed by atoms with Gasteiger partial charge >= 0.3 is 0 Å². The van der Waals surface area contributed by atoms with Gasteiger partial charge in [-0.25, -0.2) is 8.42 Å². The van der Waals surface area contributed by atoms with Crippen molar-refractivity contribution in [1.82, 2.24) is 15.1 Å². The van der Waals surface area contributed by atoms with Crippen LogP contribution in [0.1, 0.15) is 53.2 Å². The van der Waals surface area contributed by atoms with Crippen LogP contribution in [0, 0.1) is 5.41 Å². The van der Waals surface area contributed by atoms with Crippen molar-refractivity contribution in [2.24, 2.45) is 5.41 Å². The van der Waals surface area contributed by atoms with Crippen LogP contribution >= 0.6 is 11.6 Å². The molecule has 0 saturated carbocycles. The molecular weight excluding hydrogens is 558 g/mol. The van der Waals surface area contributed by atoms with Crippen LogP contribution in [0.3, 0.4) is 0 Å². The molecule has 1 unspecified atom stereocenters. The highest BCUT2D eigenvalue weighted by Gasteiger charge is 2.47. The highest BCUT2D eigenvalue weighted by molar-refractivity contribution is 7.90. The number of carbonyl (C=O) groups is 2. The third kappa shape index (κ3) is 6.83. The monoisotopic (exact) mass is 593 g/mol. The quantitative estimate of drug-likeness (QED) is 0.372. The van der Waals surface area contributed by atoms with Crippen LogP contribution in [0.5, 0.6) is 0 Å². The second-order valence-electron chi connectivity index (χ2n) is 11.2. The molecule has 2 saturated heterocycles. The average Bonchev–Trinajstić information content (AvgIpc) is 3.26. The van der Waals surface area contributed by atoms with Crippen molar-refractivity contribution in [1.29, 1.82) is 0 Å². The minimum absolute atomic E-state index is 0.159. The second kappa shape index (κ2) is 12.3. The molecule has 1 atom stereocenters. The molecule has 3 aromatic rings. The van der Waals surface area contributed by atoms with Crippen molar-refractivity contribution in [3.05, 3.63) is 101 Å². The number of nitrogens with zero attached hydrogens (tertiary/aromatic N) is 2. The molecule has 2 aliphatic heterocycles. The van der Waals surface area contributed by atoms with E-state index in [1.54, 1.807) is 36.4 Å². The highest BCUT2D eigenvalue weighted by atomic mass is 35.5. The molecule has 2 aliphatic rings. The maximum absolute atomic E-state index is 13.5. The van der Waals surface area contributed by atoms with Gasteiger partial charge in [-0.1, -0.05) is 66.2 Å². The molecule has 5 rings (SSSR count). The Hall–Kier alpha value is -3.20. The molecule has 0 aromatic heterocycles. The largest absolute Gasteiger partial charge is 0.345 e. The molecule has 9 heteroatoms. The number of nitrogens with one attached hydrogen (secondary N) is 1. The Labute approximate surface area is 247 Å². The number of carbonyl (C=O) groups excluding carboxylic acids is 2. The summed E-state index contributed by atoms with van der Waals surface area (Å²) < 4.78 is 23.5. The Morgan fingerprint density at radius 3 is 2.22 bits per heavy atom. The van der Waals surface area contributed by atoms with Crippen LogP contribution in [0.15, 0.2) is 83.8 Å². The van der Waals surface area contributed by atoms with Crippen molar-refractivity contribution in [3.8, 4) is 0 Å². The minimum atomic E-state index is -3.24. The summed E-state index contributed by atoms with van der Waals surface area (Å²) in [5.41, 5.74) is 2.13. The van der Waals surface area contributed by atoms with E-state index in [0.717, 1.165) is 63.0 Å². The highest BCUT2D eigenvalue weighted by Crippen LogP contribution is 2.42. The van der Waals surface area contributed by atoms with E-state index < -0.39 is 9.84 Å². The Morgan fingerprint density at radius 2 is 1.56 bits per heavy atom. The molecule has 1 N–H and O–H groups in total. The summed E-state index contributed by atoms with van der Waals surface area (Å²) in [6.07, 6.45) is 4.42. The maximum atomic E-state index is 13.5. The predicted octanol–water partition coefficient (Wildman–Crippen LogP) is 5.12. The van der Waals surface area contributed by atoms with E-state index >= 15 is 0 Å². The molecule has 41 heavy (non-hydrogen) atoms. The topological polar surface area (TPSA) is 86.8 Å². The van der Waals surface area contributed by atoms with Gasteiger partial charge in [0.25, 0.3) is 5.91 Å². The zero-order chi connectivity index (χ0) is 29.0. The summed E-state index contributed by atoms with van der Waals surface area (Å²) in [6.45, 7) is 3.70. The van der Waals surface area contributed by atoms with E-state index in [1.165, 1.54) is 6.26 Å². The van der Waals surface area contributed by atoms with Gasteiger partial charge in [0.15, 0.2) is 9.84 Å². The van der Waals surface area contributed by atoms with E-state index in [4.69, 9.17) is 11.6 Å². The fourth-order valence-electron chi connectivity index (χ4n) is 5.98. The summed E-state index contributed by atoms with van der Waals surface area (Å²) in [7, 11) is -3.24. The first-order valence-electron chi connectivity index (χ1n) is 14.1. The van der Waals surface area contributed by atoms with E-state index in [2.05, 4.69) is 10.2 Å². The molecular formula is C32H36ClN3O4S. The van der Waals surface area contributed by atoms with Crippen molar-refractivity contribution < 1.29 is 18.0 Å². The second-order valence-corrected chi connectivity index (χ2v) is 13.6. The average molecular weight is 594 g/mol. The summed E-state index contributed by atoms with van der Waals surface area (Å²) in [5.74, 6) is 0.0168. The van der Waals surface area contributed by atoms with Gasteiger partial charge in [0.2, 0.25) is 5.91 Å². The third-order valence-electron chi connectivity index (χ3n) is 8.50. The summed E-state index contributed by atoms with van der Waals surface area (Å²) in [5, 5.41) is 3.61. The number of piperidine rings is 1. The number of likely N-dealkylation sites (tertiary alicyclic amines) is 2. The van der Waals surface area contributed by atoms with Gasteiger partial charge in [-0.15, -0.1) is 0 Å². The number of amides is 2. The third-order valence-corrected chi connectivity index (χ3v) is 9.96. The summed E-state index contributed by atoms with van der Waals surface area (Å²) >= 11 is 6.27. The number of benzene rings is 3. The van der Waals surface area contributed by atoms with Gasteiger partial charge in [-0.2, -0.15) is 0 Å². The molecule has 3 aromatic carbocycles. The normalized spacial score (nSPS) is 18.0. The number of halogens is 1. The van der Waals surface area contributed by atoms with Crippen LogP contribution < -0.4 is 5.32 Å². The first-order chi connectivity index (χ1) is 19.6. The van der Waals surface area contributed by atoms with Crippen LogP contribution in [-0.2, 0) is 21.2 Å². The molecule has 216 valence electrons. The van der Waals surface area contributed by atoms with Crippen LogP contribution in [0.25, 0.3) is 0 Å². The molecule has 2 amide bonds. The molecule has 7 nitrogen and oxygen atoms in total. The zero-order valence-electron chi connectivity index (χ0n) is 23.3. The molecule has 0 aliphatic carbocycles. The van der Waals surface area contributed by atoms with E-state index in [9.17, 15) is 18.0 Å². The van der Waals surface area contributed by atoms with Crippen molar-refractivity contribution in [3.63, 3.8) is 0 Å². The maximum Gasteiger partial charge on any atom is 0.253 e. The molecule has 0 radical (unpaired) electrons. The fraction of sp³-hybridized carbons (Fsp3) is 0.375. The Kier molecular flexibility index (Phi) is 8.82. The number of hydrogen-bond acceptors (Lipinski definition) is 5. The minimum Gasteiger partial charge on any atom is -0.345 e. The first kappa shape index (κ1) is 29.3. The van der Waals surface area contributed by atoms with Crippen LogP contribution in [0.4, 0.5) is 0 Å². The lowest BCUT2D eigenvalue weighted by Gasteiger charge is -2.38. The number of sulfone groups is 1. The lowest BCUT2D eigenvalue weighted by atomic mass is 9.77. The SMILES string of the molecule is CS(=O)(=O)c1ccc(CN2CCC3(CCN(CCC(NC(=O)c4ccccc4Cl)c4ccccc4)CC3)C2=O)cc1. The standard InChI is InChI=1S/C32H36ClN3O4S/c1-41(39,40)26-13-11-24(12-14-26)23-36-22-18-32(31(36)38)16-20-35(21-17-32)19-15-29(25-7-3-2-4-8-25)34-30(37)27-9-5-6-10-28(27)33/h2-14,29H,15-23H2,1H3,(H,34,37). The molecule has 2 heterocycles. The van der Waals surface area contributed by atoms with Crippen LogP contribution in [0.2, 0.25) is 5.02 Å². The van der Waals surface area contributed by atoms with Gasteiger partial charge in [-0.05, 0) is 74.2 Å². The zero-order valence-corrected chi connectivity index (χ0v) is 24.8. The number of hydrogen-bond donors (Lipinski definition) is 1. The Balaban J connectivity index is 1.17.